The fraction of sp³-hybridized carbons (Fsp3) is 0.263. The van der Waals surface area contributed by atoms with E-state index in [0.29, 0.717) is 27.8 Å². The summed E-state index contributed by atoms with van der Waals surface area (Å²) in [7, 11) is 2.99. The molecule has 1 amide bonds. The Morgan fingerprint density at radius 2 is 1.69 bits per heavy atom. The van der Waals surface area contributed by atoms with Crippen molar-refractivity contribution in [2.24, 2.45) is 0 Å². The van der Waals surface area contributed by atoms with E-state index in [4.69, 9.17) is 25.8 Å². The van der Waals surface area contributed by atoms with Crippen LogP contribution in [-0.4, -0.2) is 32.7 Å². The summed E-state index contributed by atoms with van der Waals surface area (Å²) in [5.41, 5.74) is 0.960. The van der Waals surface area contributed by atoms with Gasteiger partial charge in [-0.2, -0.15) is 0 Å². The molecule has 0 aliphatic rings. The molecule has 1 atom stereocenters. The third kappa shape index (κ3) is 4.67. The molecule has 0 aliphatic heterocycles. The molecule has 0 bridgehead atoms. The van der Waals surface area contributed by atoms with E-state index in [9.17, 15) is 9.59 Å². The van der Waals surface area contributed by atoms with Gasteiger partial charge in [0.05, 0.1) is 20.8 Å². The van der Waals surface area contributed by atoms with Crippen LogP contribution < -0.4 is 14.8 Å². The highest BCUT2D eigenvalue weighted by Gasteiger charge is 2.31. The number of ether oxygens (including phenoxy) is 3. The van der Waals surface area contributed by atoms with Crippen LogP contribution in [0.5, 0.6) is 11.5 Å². The van der Waals surface area contributed by atoms with Gasteiger partial charge >= 0.3 is 5.97 Å². The Labute approximate surface area is 157 Å². The molecular weight excluding hydrogens is 358 g/mol. The third-order valence-electron chi connectivity index (χ3n) is 3.64. The number of anilines is 1. The van der Waals surface area contributed by atoms with Gasteiger partial charge in [0.1, 0.15) is 0 Å². The van der Waals surface area contributed by atoms with Gasteiger partial charge < -0.3 is 19.5 Å². The second kappa shape index (κ2) is 9.10. The van der Waals surface area contributed by atoms with Gasteiger partial charge in [-0.25, -0.2) is 0 Å². The lowest BCUT2D eigenvalue weighted by Crippen LogP contribution is -2.29. The molecule has 2 aromatic rings. The van der Waals surface area contributed by atoms with Crippen molar-refractivity contribution < 1.29 is 23.8 Å². The van der Waals surface area contributed by atoms with Crippen molar-refractivity contribution in [2.75, 3.05) is 26.1 Å². The first kappa shape index (κ1) is 19.6. The van der Waals surface area contributed by atoms with E-state index in [2.05, 4.69) is 5.32 Å². The van der Waals surface area contributed by atoms with Crippen LogP contribution in [0.15, 0.2) is 42.5 Å². The number of esters is 1. The number of methoxy groups -OCH3 is 2. The number of amides is 1. The maximum Gasteiger partial charge on any atom is 0.323 e. The summed E-state index contributed by atoms with van der Waals surface area (Å²) in [6.45, 7) is 1.84. The molecule has 7 heteroatoms. The highest BCUT2D eigenvalue weighted by Crippen LogP contribution is 2.31. The summed E-state index contributed by atoms with van der Waals surface area (Å²) in [5.74, 6) is -1.40. The summed E-state index contributed by atoms with van der Waals surface area (Å²) < 4.78 is 15.5. The van der Waals surface area contributed by atoms with Gasteiger partial charge in [-0.1, -0.05) is 17.7 Å². The molecule has 0 spiro atoms. The molecule has 26 heavy (non-hydrogen) atoms. The normalized spacial score (nSPS) is 11.4. The second-order valence-electron chi connectivity index (χ2n) is 5.30. The minimum absolute atomic E-state index is 0.164. The minimum Gasteiger partial charge on any atom is -0.493 e. The third-order valence-corrected chi connectivity index (χ3v) is 3.89. The number of carbonyl (C=O) groups excluding carboxylic acids is 2. The van der Waals surface area contributed by atoms with Crippen LogP contribution in [0.1, 0.15) is 18.4 Å². The largest absolute Gasteiger partial charge is 0.493 e. The summed E-state index contributed by atoms with van der Waals surface area (Å²) in [6.07, 6.45) is 0. The number of rotatable bonds is 7. The van der Waals surface area contributed by atoms with Crippen LogP contribution in [0.3, 0.4) is 0 Å². The lowest BCUT2D eigenvalue weighted by atomic mass is 9.97. The molecule has 2 aromatic carbocycles. The van der Waals surface area contributed by atoms with E-state index < -0.39 is 17.8 Å². The van der Waals surface area contributed by atoms with Crippen LogP contribution in [0.2, 0.25) is 5.02 Å². The van der Waals surface area contributed by atoms with Crippen molar-refractivity contribution in [3.05, 3.63) is 53.1 Å². The average molecular weight is 378 g/mol. The first-order valence-corrected chi connectivity index (χ1v) is 8.33. The molecule has 6 nitrogen and oxygen atoms in total. The Morgan fingerprint density at radius 3 is 2.27 bits per heavy atom. The Kier molecular flexibility index (Phi) is 6.86. The smallest absolute Gasteiger partial charge is 0.323 e. The van der Waals surface area contributed by atoms with Gasteiger partial charge in [0.2, 0.25) is 5.91 Å². The monoisotopic (exact) mass is 377 g/mol. The molecular formula is C19H20ClNO5. The fourth-order valence-electron chi connectivity index (χ4n) is 2.40. The SMILES string of the molecule is CCOC(=O)C(C(=O)Nc1ccc(Cl)cc1)c1ccc(OC)c(OC)c1. The molecule has 0 saturated heterocycles. The van der Waals surface area contributed by atoms with Crippen molar-refractivity contribution >= 4 is 29.2 Å². The Balaban J connectivity index is 2.35. The van der Waals surface area contributed by atoms with Crippen molar-refractivity contribution in [1.82, 2.24) is 0 Å². The maximum absolute atomic E-state index is 12.8. The summed E-state index contributed by atoms with van der Waals surface area (Å²) >= 11 is 5.85. The maximum atomic E-state index is 12.8. The van der Waals surface area contributed by atoms with Gasteiger partial charge in [-0.3, -0.25) is 9.59 Å². The second-order valence-corrected chi connectivity index (χ2v) is 5.73. The van der Waals surface area contributed by atoms with Gasteiger partial charge in [-0.15, -0.1) is 0 Å². The van der Waals surface area contributed by atoms with Crippen molar-refractivity contribution in [3.63, 3.8) is 0 Å². The standard InChI is InChI=1S/C19H20ClNO5/c1-4-26-19(23)17(12-5-10-15(24-2)16(11-12)25-3)18(22)21-14-8-6-13(20)7-9-14/h5-11,17H,4H2,1-3H3,(H,21,22). The van der Waals surface area contributed by atoms with E-state index in [-0.39, 0.29) is 6.61 Å². The quantitative estimate of drug-likeness (QED) is 0.589. The van der Waals surface area contributed by atoms with Gasteiger partial charge in [-0.05, 0) is 48.9 Å². The predicted molar refractivity (Wildman–Crippen MR) is 99.0 cm³/mol. The van der Waals surface area contributed by atoms with E-state index in [1.165, 1.54) is 14.2 Å². The molecule has 2 rings (SSSR count). The fourth-order valence-corrected chi connectivity index (χ4v) is 2.53. The van der Waals surface area contributed by atoms with E-state index in [1.54, 1.807) is 49.4 Å². The molecule has 0 fully saturated rings. The summed E-state index contributed by atoms with van der Waals surface area (Å²) in [4.78, 5) is 25.2. The van der Waals surface area contributed by atoms with Gasteiger partial charge in [0.15, 0.2) is 17.4 Å². The van der Waals surface area contributed by atoms with E-state index in [1.807, 2.05) is 0 Å². The first-order chi connectivity index (χ1) is 12.5. The number of hydrogen-bond donors (Lipinski definition) is 1. The highest BCUT2D eigenvalue weighted by atomic mass is 35.5. The molecule has 0 radical (unpaired) electrons. The topological polar surface area (TPSA) is 73.9 Å². The van der Waals surface area contributed by atoms with E-state index >= 15 is 0 Å². The number of carbonyl (C=O) groups is 2. The van der Waals surface area contributed by atoms with Crippen LogP contribution in [0.4, 0.5) is 5.69 Å². The van der Waals surface area contributed by atoms with Crippen molar-refractivity contribution in [2.45, 2.75) is 12.8 Å². The van der Waals surface area contributed by atoms with Crippen LogP contribution in [-0.2, 0) is 14.3 Å². The Bertz CT molecular complexity index is 776. The predicted octanol–water partition coefficient (Wildman–Crippen LogP) is 3.64. The lowest BCUT2D eigenvalue weighted by Gasteiger charge is -2.17. The number of nitrogens with one attached hydrogen (secondary N) is 1. The van der Waals surface area contributed by atoms with Gasteiger partial charge in [0, 0.05) is 10.7 Å². The van der Waals surface area contributed by atoms with Crippen molar-refractivity contribution in [1.29, 1.82) is 0 Å². The molecule has 138 valence electrons. The first-order valence-electron chi connectivity index (χ1n) is 7.95. The van der Waals surface area contributed by atoms with Crippen LogP contribution >= 0.6 is 11.6 Å². The van der Waals surface area contributed by atoms with Gasteiger partial charge in [0.25, 0.3) is 0 Å². The van der Waals surface area contributed by atoms with E-state index in [0.717, 1.165) is 0 Å². The zero-order chi connectivity index (χ0) is 19.1. The lowest BCUT2D eigenvalue weighted by molar-refractivity contribution is -0.147. The van der Waals surface area contributed by atoms with Crippen LogP contribution in [0.25, 0.3) is 0 Å². The Hall–Kier alpha value is -2.73. The number of benzene rings is 2. The highest BCUT2D eigenvalue weighted by molar-refractivity contribution is 6.30. The molecule has 0 saturated carbocycles. The molecule has 1 N–H and O–H groups in total. The zero-order valence-corrected chi connectivity index (χ0v) is 15.5. The molecule has 1 unspecified atom stereocenters. The molecule has 0 aromatic heterocycles. The zero-order valence-electron chi connectivity index (χ0n) is 14.7. The summed E-state index contributed by atoms with van der Waals surface area (Å²) in [5, 5.41) is 3.25. The average Bonchev–Trinajstić information content (AvgIpc) is 2.64. The Morgan fingerprint density at radius 1 is 1.04 bits per heavy atom. The minimum atomic E-state index is -1.15. The molecule has 0 aliphatic carbocycles. The van der Waals surface area contributed by atoms with Crippen molar-refractivity contribution in [3.8, 4) is 11.5 Å². The van der Waals surface area contributed by atoms with Crippen LogP contribution in [0, 0.1) is 0 Å². The molecule has 0 heterocycles. The number of halogens is 1. The summed E-state index contributed by atoms with van der Waals surface area (Å²) in [6, 6.07) is 11.4. The number of hydrogen-bond acceptors (Lipinski definition) is 5.